The zero-order valence-corrected chi connectivity index (χ0v) is 12.0. The molecule has 0 spiro atoms. The Hall–Kier alpha value is -1.60. The zero-order valence-electron chi connectivity index (χ0n) is 11.2. The number of aryl methyl sites for hydroxylation is 1. The molecule has 2 atom stereocenters. The summed E-state index contributed by atoms with van der Waals surface area (Å²) in [6, 6.07) is 2.59. The van der Waals surface area contributed by atoms with E-state index in [0.29, 0.717) is 6.54 Å². The Morgan fingerprint density at radius 1 is 1.45 bits per heavy atom. The molecule has 3 N–H and O–H groups in total. The SMILES string of the molecule is CCc1ccc(CNC(=O)N2C[C@@H](O)C[C@H]2C(=O)O)s1. The molecular weight excluding hydrogens is 280 g/mol. The molecule has 1 aromatic heterocycles. The van der Waals surface area contributed by atoms with Crippen LogP contribution in [0.1, 0.15) is 23.1 Å². The van der Waals surface area contributed by atoms with Crippen LogP contribution in [-0.2, 0) is 17.8 Å². The van der Waals surface area contributed by atoms with Crippen LogP contribution in [0.4, 0.5) is 4.79 Å². The van der Waals surface area contributed by atoms with E-state index in [4.69, 9.17) is 5.11 Å². The number of urea groups is 1. The number of aliphatic hydroxyl groups is 1. The minimum absolute atomic E-state index is 0.0629. The molecule has 2 heterocycles. The van der Waals surface area contributed by atoms with Gasteiger partial charge in [-0.2, -0.15) is 0 Å². The van der Waals surface area contributed by atoms with Crippen molar-refractivity contribution in [1.29, 1.82) is 0 Å². The predicted molar refractivity (Wildman–Crippen MR) is 74.7 cm³/mol. The summed E-state index contributed by atoms with van der Waals surface area (Å²) in [6.45, 7) is 2.51. The van der Waals surface area contributed by atoms with Gasteiger partial charge in [-0.05, 0) is 18.6 Å². The smallest absolute Gasteiger partial charge is 0.326 e. The molecule has 2 rings (SSSR count). The minimum Gasteiger partial charge on any atom is -0.480 e. The van der Waals surface area contributed by atoms with E-state index >= 15 is 0 Å². The number of β-amino-alcohol motifs (C(OH)–C–C–N with tert-alkyl or cyclic N) is 1. The summed E-state index contributed by atoms with van der Waals surface area (Å²) in [4.78, 5) is 26.5. The van der Waals surface area contributed by atoms with Gasteiger partial charge in [0.05, 0.1) is 12.6 Å². The molecule has 1 fully saturated rings. The minimum atomic E-state index is -1.08. The van der Waals surface area contributed by atoms with Crippen LogP contribution < -0.4 is 5.32 Å². The number of carboxylic acid groups (broad SMARTS) is 1. The second-order valence-electron chi connectivity index (χ2n) is 4.78. The lowest BCUT2D eigenvalue weighted by molar-refractivity contribution is -0.141. The van der Waals surface area contributed by atoms with Crippen LogP contribution in [0.2, 0.25) is 0 Å². The number of rotatable bonds is 4. The molecule has 6 nitrogen and oxygen atoms in total. The summed E-state index contributed by atoms with van der Waals surface area (Å²) in [7, 11) is 0. The molecule has 0 saturated carbocycles. The predicted octanol–water partition coefficient (Wildman–Crippen LogP) is 1.04. The molecule has 1 aromatic rings. The molecular formula is C13H18N2O4S. The number of carboxylic acids is 1. The first-order valence-corrected chi connectivity index (χ1v) is 7.35. The molecule has 0 bridgehead atoms. The lowest BCUT2D eigenvalue weighted by atomic mass is 10.2. The van der Waals surface area contributed by atoms with Crippen molar-refractivity contribution in [1.82, 2.24) is 10.2 Å². The fourth-order valence-electron chi connectivity index (χ4n) is 2.24. The van der Waals surface area contributed by atoms with E-state index in [-0.39, 0.29) is 13.0 Å². The van der Waals surface area contributed by atoms with Crippen molar-refractivity contribution < 1.29 is 19.8 Å². The number of hydrogen-bond acceptors (Lipinski definition) is 4. The van der Waals surface area contributed by atoms with Gasteiger partial charge in [0.1, 0.15) is 6.04 Å². The van der Waals surface area contributed by atoms with Crippen LogP contribution in [0, 0.1) is 0 Å². The van der Waals surface area contributed by atoms with Crippen LogP contribution >= 0.6 is 11.3 Å². The quantitative estimate of drug-likeness (QED) is 0.775. The largest absolute Gasteiger partial charge is 0.480 e. The number of aliphatic hydroxyl groups excluding tert-OH is 1. The maximum absolute atomic E-state index is 12.0. The van der Waals surface area contributed by atoms with Gasteiger partial charge in [0.2, 0.25) is 0 Å². The van der Waals surface area contributed by atoms with E-state index in [2.05, 4.69) is 12.2 Å². The highest BCUT2D eigenvalue weighted by molar-refractivity contribution is 7.11. The highest BCUT2D eigenvalue weighted by Crippen LogP contribution is 2.19. The Bertz CT molecular complexity index is 502. The first-order valence-electron chi connectivity index (χ1n) is 6.54. The van der Waals surface area contributed by atoms with Crippen LogP contribution in [0.3, 0.4) is 0 Å². The van der Waals surface area contributed by atoms with E-state index in [0.717, 1.165) is 11.3 Å². The first kappa shape index (κ1) is 14.8. The summed E-state index contributed by atoms with van der Waals surface area (Å²) >= 11 is 1.63. The molecule has 0 aliphatic carbocycles. The summed E-state index contributed by atoms with van der Waals surface area (Å²) in [5.41, 5.74) is 0. The van der Waals surface area contributed by atoms with Crippen molar-refractivity contribution in [3.05, 3.63) is 21.9 Å². The summed E-state index contributed by atoms with van der Waals surface area (Å²) < 4.78 is 0. The van der Waals surface area contributed by atoms with Crippen molar-refractivity contribution in [3.8, 4) is 0 Å². The van der Waals surface area contributed by atoms with Crippen molar-refractivity contribution in [2.75, 3.05) is 6.54 Å². The third-order valence-electron chi connectivity index (χ3n) is 3.30. The maximum atomic E-state index is 12.0. The Kier molecular flexibility index (Phi) is 4.61. The fraction of sp³-hybridized carbons (Fsp3) is 0.538. The average molecular weight is 298 g/mol. The number of carbonyl (C=O) groups excluding carboxylic acids is 1. The molecule has 0 radical (unpaired) electrons. The van der Waals surface area contributed by atoms with Crippen LogP contribution in [-0.4, -0.2) is 45.8 Å². The van der Waals surface area contributed by atoms with E-state index in [1.165, 1.54) is 9.78 Å². The molecule has 110 valence electrons. The summed E-state index contributed by atoms with van der Waals surface area (Å²) in [6.07, 6.45) is 0.273. The third-order valence-corrected chi connectivity index (χ3v) is 4.53. The van der Waals surface area contributed by atoms with Crippen LogP contribution in [0.15, 0.2) is 12.1 Å². The molecule has 1 aliphatic heterocycles. The van der Waals surface area contributed by atoms with E-state index in [1.54, 1.807) is 11.3 Å². The van der Waals surface area contributed by atoms with Gasteiger partial charge in [-0.15, -0.1) is 11.3 Å². The number of hydrogen-bond donors (Lipinski definition) is 3. The van der Waals surface area contributed by atoms with Gasteiger partial charge in [-0.25, -0.2) is 9.59 Å². The Balaban J connectivity index is 1.92. The number of likely N-dealkylation sites (tertiary alicyclic amines) is 1. The maximum Gasteiger partial charge on any atom is 0.326 e. The monoisotopic (exact) mass is 298 g/mol. The van der Waals surface area contributed by atoms with Gasteiger partial charge in [0.15, 0.2) is 0 Å². The fourth-order valence-corrected chi connectivity index (χ4v) is 3.14. The zero-order chi connectivity index (χ0) is 14.7. The third kappa shape index (κ3) is 3.29. The Morgan fingerprint density at radius 3 is 2.75 bits per heavy atom. The lowest BCUT2D eigenvalue weighted by Gasteiger charge is -2.21. The van der Waals surface area contributed by atoms with Gasteiger partial charge in [-0.1, -0.05) is 6.92 Å². The molecule has 1 saturated heterocycles. The lowest BCUT2D eigenvalue weighted by Crippen LogP contribution is -2.45. The molecule has 1 aliphatic rings. The number of thiophene rings is 1. The average Bonchev–Trinajstić information content (AvgIpc) is 3.02. The second kappa shape index (κ2) is 6.23. The number of nitrogens with zero attached hydrogens (tertiary/aromatic N) is 1. The molecule has 0 aromatic carbocycles. The van der Waals surface area contributed by atoms with Gasteiger partial charge in [0.25, 0.3) is 0 Å². The van der Waals surface area contributed by atoms with Gasteiger partial charge in [-0.3, -0.25) is 0 Å². The van der Waals surface area contributed by atoms with Gasteiger partial charge >= 0.3 is 12.0 Å². The Morgan fingerprint density at radius 2 is 2.15 bits per heavy atom. The number of aliphatic carboxylic acids is 1. The topological polar surface area (TPSA) is 89.9 Å². The van der Waals surface area contributed by atoms with E-state index in [1.807, 2.05) is 12.1 Å². The van der Waals surface area contributed by atoms with E-state index in [9.17, 15) is 14.7 Å². The molecule has 0 unspecified atom stereocenters. The van der Waals surface area contributed by atoms with Crippen molar-refractivity contribution >= 4 is 23.3 Å². The number of carbonyl (C=O) groups is 2. The highest BCUT2D eigenvalue weighted by atomic mass is 32.1. The molecule has 20 heavy (non-hydrogen) atoms. The van der Waals surface area contributed by atoms with Crippen LogP contribution in [0.5, 0.6) is 0 Å². The van der Waals surface area contributed by atoms with Crippen molar-refractivity contribution in [2.24, 2.45) is 0 Å². The number of amides is 2. The first-order chi connectivity index (χ1) is 9.51. The standard InChI is InChI=1S/C13H18N2O4S/c1-2-9-3-4-10(20-9)6-14-13(19)15-7-8(16)5-11(15)12(17)18/h3-4,8,11,16H,2,5-7H2,1H3,(H,14,19)(H,17,18)/t8-,11-/m0/s1. The number of nitrogens with one attached hydrogen (secondary N) is 1. The van der Waals surface area contributed by atoms with E-state index < -0.39 is 24.1 Å². The van der Waals surface area contributed by atoms with Gasteiger partial charge in [0, 0.05) is 22.7 Å². The Labute approximate surface area is 121 Å². The summed E-state index contributed by atoms with van der Waals surface area (Å²) in [5.74, 6) is -1.08. The second-order valence-corrected chi connectivity index (χ2v) is 6.03. The summed E-state index contributed by atoms with van der Waals surface area (Å²) in [5, 5.41) is 21.3. The van der Waals surface area contributed by atoms with Crippen molar-refractivity contribution in [3.63, 3.8) is 0 Å². The normalized spacial score (nSPS) is 22.0. The van der Waals surface area contributed by atoms with Crippen LogP contribution in [0.25, 0.3) is 0 Å². The van der Waals surface area contributed by atoms with Gasteiger partial charge < -0.3 is 20.4 Å². The van der Waals surface area contributed by atoms with Crippen molar-refractivity contribution in [2.45, 2.75) is 38.5 Å². The molecule has 7 heteroatoms. The highest BCUT2D eigenvalue weighted by Gasteiger charge is 2.38. The molecule has 2 amide bonds.